The summed E-state index contributed by atoms with van der Waals surface area (Å²) in [5, 5.41) is -0.213. The molecule has 146 valence electrons. The number of halogens is 1. The van der Waals surface area contributed by atoms with Crippen molar-refractivity contribution in [3.63, 3.8) is 0 Å². The highest BCUT2D eigenvalue weighted by Crippen LogP contribution is 2.42. The minimum absolute atomic E-state index is 0.00439. The number of benzene rings is 2. The summed E-state index contributed by atoms with van der Waals surface area (Å²) < 4.78 is 18.7. The minimum Gasteiger partial charge on any atom is -0.456 e. The van der Waals surface area contributed by atoms with Gasteiger partial charge in [0, 0.05) is 18.8 Å². The predicted molar refractivity (Wildman–Crippen MR) is 107 cm³/mol. The van der Waals surface area contributed by atoms with Gasteiger partial charge in [0.1, 0.15) is 17.3 Å². The highest BCUT2D eigenvalue weighted by molar-refractivity contribution is 8.00. The molecule has 2 aliphatic heterocycles. The van der Waals surface area contributed by atoms with Crippen LogP contribution in [0.4, 0.5) is 10.1 Å². The molecule has 0 aromatic heterocycles. The third-order valence-corrected chi connectivity index (χ3v) is 6.23. The number of nitrogens with zero attached hydrogens (tertiary/aromatic N) is 2. The van der Waals surface area contributed by atoms with E-state index in [-0.39, 0.29) is 29.2 Å². The van der Waals surface area contributed by atoms with Gasteiger partial charge in [-0.1, -0.05) is 12.1 Å². The van der Waals surface area contributed by atoms with Gasteiger partial charge in [-0.2, -0.15) is 0 Å². The van der Waals surface area contributed by atoms with Crippen LogP contribution in [0.2, 0.25) is 0 Å². The Morgan fingerprint density at radius 2 is 1.89 bits per heavy atom. The van der Waals surface area contributed by atoms with Crippen LogP contribution in [0.25, 0.3) is 0 Å². The Hall–Kier alpha value is -2.38. The van der Waals surface area contributed by atoms with Gasteiger partial charge in [-0.25, -0.2) is 9.18 Å². The Kier molecular flexibility index (Phi) is 5.12. The highest BCUT2D eigenvalue weighted by atomic mass is 32.2. The van der Waals surface area contributed by atoms with Crippen molar-refractivity contribution in [3.8, 4) is 0 Å². The molecule has 0 saturated carbocycles. The lowest BCUT2D eigenvalue weighted by Crippen LogP contribution is -2.50. The smallest absolute Gasteiger partial charge is 0.338 e. The molecule has 0 N–H and O–H groups in total. The third kappa shape index (κ3) is 3.64. The van der Waals surface area contributed by atoms with Crippen LogP contribution in [0.5, 0.6) is 0 Å². The number of rotatable bonds is 4. The molecule has 0 radical (unpaired) electrons. The summed E-state index contributed by atoms with van der Waals surface area (Å²) in [4.78, 5) is 28.7. The summed E-state index contributed by atoms with van der Waals surface area (Å²) in [6.07, 6.45) is -0.0584. The molecule has 2 aliphatic rings. The first-order valence-electron chi connectivity index (χ1n) is 9.11. The number of ether oxygens (including phenoxy) is 1. The molecule has 0 aliphatic carbocycles. The Morgan fingerprint density at radius 3 is 2.54 bits per heavy atom. The number of amides is 1. The van der Waals surface area contributed by atoms with Gasteiger partial charge in [-0.3, -0.25) is 14.6 Å². The SMILES string of the molecule is Cc1cc(C(=O)OC2CN(C)C2)ccc1N1C(=O)CSC1c1ccc(F)cc1. The molecule has 2 aromatic rings. The molecule has 0 bridgehead atoms. The minimum atomic E-state index is -0.343. The molecule has 5 nitrogen and oxygen atoms in total. The van der Waals surface area contributed by atoms with Crippen LogP contribution in [-0.4, -0.2) is 48.8 Å². The van der Waals surface area contributed by atoms with Crippen LogP contribution in [0.1, 0.15) is 26.9 Å². The summed E-state index contributed by atoms with van der Waals surface area (Å²) in [6, 6.07) is 11.5. The first kappa shape index (κ1) is 19.0. The number of thioether (sulfide) groups is 1. The van der Waals surface area contributed by atoms with Crippen LogP contribution in [0.3, 0.4) is 0 Å². The summed E-state index contributed by atoms with van der Waals surface area (Å²) in [6.45, 7) is 3.38. The lowest BCUT2D eigenvalue weighted by molar-refractivity contribution is -0.115. The average Bonchev–Trinajstić information content (AvgIpc) is 3.02. The first-order chi connectivity index (χ1) is 13.4. The second-order valence-electron chi connectivity index (χ2n) is 7.23. The van der Waals surface area contributed by atoms with Gasteiger partial charge in [-0.05, 0) is 55.4 Å². The fourth-order valence-corrected chi connectivity index (χ4v) is 4.72. The van der Waals surface area contributed by atoms with Gasteiger partial charge in [0.05, 0.1) is 11.3 Å². The van der Waals surface area contributed by atoms with E-state index in [2.05, 4.69) is 4.90 Å². The van der Waals surface area contributed by atoms with Crippen LogP contribution < -0.4 is 4.90 Å². The predicted octanol–water partition coefficient (Wildman–Crippen LogP) is 3.38. The van der Waals surface area contributed by atoms with E-state index in [1.165, 1.54) is 23.9 Å². The number of carbonyl (C=O) groups excluding carboxylic acids is 2. The van der Waals surface area contributed by atoms with E-state index in [0.717, 1.165) is 29.9 Å². The summed E-state index contributed by atoms with van der Waals surface area (Å²) in [5.74, 6) is -0.290. The number of carbonyl (C=O) groups is 2. The van der Waals surface area contributed by atoms with Crippen LogP contribution in [0.15, 0.2) is 42.5 Å². The topological polar surface area (TPSA) is 49.9 Å². The standard InChI is InChI=1S/C21H21FN2O3S/c1-13-9-15(21(26)27-17-10-23(2)11-17)5-8-18(13)24-19(25)12-28-20(24)14-3-6-16(22)7-4-14/h3-9,17,20H,10-12H2,1-2H3. The van der Waals surface area contributed by atoms with E-state index in [1.807, 2.05) is 14.0 Å². The van der Waals surface area contributed by atoms with Crippen LogP contribution in [-0.2, 0) is 9.53 Å². The maximum absolute atomic E-state index is 13.3. The summed E-state index contributed by atoms with van der Waals surface area (Å²) in [5.41, 5.74) is 2.93. The van der Waals surface area contributed by atoms with Crippen molar-refractivity contribution >= 4 is 29.3 Å². The quantitative estimate of drug-likeness (QED) is 0.737. The number of anilines is 1. The van der Waals surface area contributed by atoms with Crippen molar-refractivity contribution in [1.82, 2.24) is 4.90 Å². The fourth-order valence-electron chi connectivity index (χ4n) is 3.55. The van der Waals surface area contributed by atoms with E-state index in [1.54, 1.807) is 35.2 Å². The van der Waals surface area contributed by atoms with Gasteiger partial charge < -0.3 is 4.74 Å². The van der Waals surface area contributed by atoms with Crippen molar-refractivity contribution in [2.24, 2.45) is 0 Å². The van der Waals surface area contributed by atoms with Gasteiger partial charge in [0.2, 0.25) is 5.91 Å². The molecule has 1 atom stereocenters. The Balaban J connectivity index is 1.56. The van der Waals surface area contributed by atoms with Gasteiger partial charge >= 0.3 is 5.97 Å². The number of hydrogen-bond acceptors (Lipinski definition) is 5. The number of likely N-dealkylation sites (N-methyl/N-ethyl adjacent to an activating group) is 1. The molecule has 2 heterocycles. The van der Waals surface area contributed by atoms with E-state index in [4.69, 9.17) is 4.74 Å². The van der Waals surface area contributed by atoms with E-state index < -0.39 is 0 Å². The number of hydrogen-bond donors (Lipinski definition) is 0. The molecule has 2 fully saturated rings. The lowest BCUT2D eigenvalue weighted by Gasteiger charge is -2.35. The van der Waals surface area contributed by atoms with Gasteiger partial charge in [-0.15, -0.1) is 11.8 Å². The summed E-state index contributed by atoms with van der Waals surface area (Å²) in [7, 11) is 1.98. The molecule has 2 saturated heterocycles. The molecule has 7 heteroatoms. The highest BCUT2D eigenvalue weighted by Gasteiger charge is 2.35. The van der Waals surface area contributed by atoms with Crippen molar-refractivity contribution in [3.05, 3.63) is 65.0 Å². The largest absolute Gasteiger partial charge is 0.456 e. The maximum atomic E-state index is 13.3. The Labute approximate surface area is 167 Å². The number of esters is 1. The summed E-state index contributed by atoms with van der Waals surface area (Å²) >= 11 is 1.51. The lowest BCUT2D eigenvalue weighted by atomic mass is 10.1. The molecule has 0 spiro atoms. The number of aryl methyl sites for hydroxylation is 1. The van der Waals surface area contributed by atoms with Crippen LogP contribution in [0, 0.1) is 12.7 Å². The fraction of sp³-hybridized carbons (Fsp3) is 0.333. The zero-order valence-corrected chi connectivity index (χ0v) is 16.5. The molecular formula is C21H21FN2O3S. The van der Waals surface area contributed by atoms with Gasteiger partial charge in [0.15, 0.2) is 0 Å². The van der Waals surface area contributed by atoms with E-state index >= 15 is 0 Å². The van der Waals surface area contributed by atoms with Gasteiger partial charge in [0.25, 0.3) is 0 Å². The second kappa shape index (κ2) is 7.56. The molecule has 28 heavy (non-hydrogen) atoms. The zero-order valence-electron chi connectivity index (χ0n) is 15.7. The Bertz CT molecular complexity index is 912. The monoisotopic (exact) mass is 400 g/mol. The van der Waals surface area contributed by atoms with Crippen LogP contribution >= 0.6 is 11.8 Å². The van der Waals surface area contributed by atoms with E-state index in [0.29, 0.717) is 11.3 Å². The normalized spacial score (nSPS) is 20.3. The average molecular weight is 400 g/mol. The molecule has 1 amide bonds. The Morgan fingerprint density at radius 1 is 1.18 bits per heavy atom. The van der Waals surface area contributed by atoms with Crippen molar-refractivity contribution in [2.75, 3.05) is 30.8 Å². The maximum Gasteiger partial charge on any atom is 0.338 e. The molecule has 2 aromatic carbocycles. The van der Waals surface area contributed by atoms with Crippen molar-refractivity contribution in [2.45, 2.75) is 18.4 Å². The zero-order chi connectivity index (χ0) is 19.8. The second-order valence-corrected chi connectivity index (χ2v) is 8.30. The first-order valence-corrected chi connectivity index (χ1v) is 10.2. The molecule has 4 rings (SSSR count). The molecule has 1 unspecified atom stereocenters. The van der Waals surface area contributed by atoms with Crippen molar-refractivity contribution in [1.29, 1.82) is 0 Å². The molecular weight excluding hydrogens is 379 g/mol. The van der Waals surface area contributed by atoms with Crippen molar-refractivity contribution < 1.29 is 18.7 Å². The number of likely N-dealkylation sites (tertiary alicyclic amines) is 1. The van der Waals surface area contributed by atoms with E-state index in [9.17, 15) is 14.0 Å². The third-order valence-electron chi connectivity index (χ3n) is 5.02.